The van der Waals surface area contributed by atoms with E-state index in [1.807, 2.05) is 0 Å². The molecule has 0 saturated carbocycles. The molecular weight excluding hydrogens is 366 g/mol. The van der Waals surface area contributed by atoms with Crippen molar-refractivity contribution in [2.45, 2.75) is 6.36 Å². The summed E-state index contributed by atoms with van der Waals surface area (Å²) in [4.78, 5) is 4.07. The van der Waals surface area contributed by atoms with Gasteiger partial charge in [-0.2, -0.15) is 0 Å². The first-order valence-electron chi connectivity index (χ1n) is 6.58. The van der Waals surface area contributed by atoms with E-state index in [4.69, 9.17) is 23.2 Å². The van der Waals surface area contributed by atoms with E-state index in [0.29, 0.717) is 27.1 Å². The van der Waals surface area contributed by atoms with Gasteiger partial charge in [0.15, 0.2) is 0 Å². The highest BCUT2D eigenvalue weighted by atomic mass is 35.5. The quantitative estimate of drug-likeness (QED) is 0.453. The van der Waals surface area contributed by atoms with Crippen molar-refractivity contribution in [1.29, 1.82) is 0 Å². The molecule has 2 rings (SSSR count). The predicted octanol–water partition coefficient (Wildman–Crippen LogP) is 4.89. The largest absolute Gasteiger partial charge is 0.573 e. The first-order chi connectivity index (χ1) is 11.3. The Labute approximate surface area is 146 Å². The zero-order chi connectivity index (χ0) is 17.7. The van der Waals surface area contributed by atoms with Gasteiger partial charge in [-0.1, -0.05) is 23.2 Å². The van der Waals surface area contributed by atoms with Crippen LogP contribution in [0.25, 0.3) is 0 Å². The van der Waals surface area contributed by atoms with Crippen LogP contribution in [0.5, 0.6) is 5.75 Å². The number of ether oxygens (including phenoxy) is 1. The van der Waals surface area contributed by atoms with Crippen LogP contribution in [-0.4, -0.2) is 19.2 Å². The van der Waals surface area contributed by atoms with E-state index in [1.165, 1.54) is 24.3 Å². The Morgan fingerprint density at radius 3 is 2.29 bits per heavy atom. The number of hydrazine groups is 1. The lowest BCUT2D eigenvalue weighted by molar-refractivity contribution is -0.274. The molecule has 0 aliphatic rings. The molecule has 0 aromatic heterocycles. The Bertz CT molecular complexity index is 734. The Morgan fingerprint density at radius 2 is 1.75 bits per heavy atom. The number of rotatable bonds is 4. The van der Waals surface area contributed by atoms with Crippen molar-refractivity contribution in [3.8, 4) is 5.75 Å². The molecule has 0 saturated heterocycles. The van der Waals surface area contributed by atoms with Crippen molar-refractivity contribution in [1.82, 2.24) is 5.43 Å². The van der Waals surface area contributed by atoms with E-state index < -0.39 is 6.36 Å². The van der Waals surface area contributed by atoms with Crippen molar-refractivity contribution >= 4 is 34.7 Å². The van der Waals surface area contributed by atoms with Crippen LogP contribution < -0.4 is 15.6 Å². The molecule has 2 aromatic carbocycles. The second kappa shape index (κ2) is 7.63. The molecule has 0 heterocycles. The van der Waals surface area contributed by atoms with E-state index >= 15 is 0 Å². The third kappa shape index (κ3) is 5.21. The summed E-state index contributed by atoms with van der Waals surface area (Å²) in [6, 6.07) is 10.2. The fraction of sp³-hybridized carbons (Fsp3) is 0.133. The number of halogens is 5. The number of benzene rings is 2. The molecule has 0 aliphatic carbocycles. The molecule has 2 aromatic rings. The molecule has 0 spiro atoms. The molecule has 24 heavy (non-hydrogen) atoms. The number of anilines is 1. The van der Waals surface area contributed by atoms with Crippen LogP contribution in [0, 0.1) is 0 Å². The van der Waals surface area contributed by atoms with Crippen LogP contribution in [0.2, 0.25) is 10.0 Å². The highest BCUT2D eigenvalue weighted by Gasteiger charge is 2.30. The summed E-state index contributed by atoms with van der Waals surface area (Å²) in [5, 5.41) is 0.902. The average molecular weight is 378 g/mol. The zero-order valence-electron chi connectivity index (χ0n) is 12.3. The number of aliphatic imine (C=N–C) groups is 1. The SMILES string of the molecule is CN=C(NNc1ccc(OC(F)(F)F)cc1)c1ccc(Cl)cc1Cl. The minimum absolute atomic E-state index is 0.307. The van der Waals surface area contributed by atoms with Crippen molar-refractivity contribution in [2.24, 2.45) is 4.99 Å². The molecule has 0 bridgehead atoms. The highest BCUT2D eigenvalue weighted by molar-refractivity contribution is 6.37. The average Bonchev–Trinajstić information content (AvgIpc) is 2.49. The zero-order valence-corrected chi connectivity index (χ0v) is 13.8. The number of hydrogen-bond donors (Lipinski definition) is 2. The molecule has 0 atom stereocenters. The molecule has 0 aliphatic heterocycles. The van der Waals surface area contributed by atoms with Crippen molar-refractivity contribution in [3.63, 3.8) is 0 Å². The van der Waals surface area contributed by atoms with Crippen molar-refractivity contribution in [3.05, 3.63) is 58.1 Å². The summed E-state index contributed by atoms with van der Waals surface area (Å²) < 4.78 is 40.1. The van der Waals surface area contributed by atoms with Crippen LogP contribution in [0.4, 0.5) is 18.9 Å². The first-order valence-corrected chi connectivity index (χ1v) is 7.34. The van der Waals surface area contributed by atoms with Crippen LogP contribution >= 0.6 is 23.2 Å². The molecule has 9 heteroatoms. The third-order valence-electron chi connectivity index (χ3n) is 2.82. The summed E-state index contributed by atoms with van der Waals surface area (Å²) in [5.74, 6) is 0.130. The lowest BCUT2D eigenvalue weighted by atomic mass is 10.2. The number of amidine groups is 1. The third-order valence-corrected chi connectivity index (χ3v) is 3.37. The number of nitrogens with zero attached hydrogens (tertiary/aromatic N) is 1. The molecule has 128 valence electrons. The van der Waals surface area contributed by atoms with E-state index in [2.05, 4.69) is 20.6 Å². The Morgan fingerprint density at radius 1 is 1.08 bits per heavy atom. The van der Waals surface area contributed by atoms with Gasteiger partial charge in [0, 0.05) is 17.6 Å². The summed E-state index contributed by atoms with van der Waals surface area (Å²) in [6.45, 7) is 0. The van der Waals surface area contributed by atoms with Gasteiger partial charge in [0.25, 0.3) is 0 Å². The monoisotopic (exact) mass is 377 g/mol. The Kier molecular flexibility index (Phi) is 5.80. The topological polar surface area (TPSA) is 45.7 Å². The highest BCUT2D eigenvalue weighted by Crippen LogP contribution is 2.24. The second-order valence-corrected chi connectivity index (χ2v) is 5.36. The fourth-order valence-corrected chi connectivity index (χ4v) is 2.29. The standard InChI is InChI=1S/C15H12Cl2F3N3O/c1-21-14(12-7-2-9(16)8-13(12)17)23-22-10-3-5-11(6-4-10)24-15(18,19)20/h2-8,22H,1H3,(H,21,23). The first kappa shape index (κ1) is 18.2. The van der Waals surface area contributed by atoms with Gasteiger partial charge in [0.05, 0.1) is 10.7 Å². The predicted molar refractivity (Wildman–Crippen MR) is 88.8 cm³/mol. The summed E-state index contributed by atoms with van der Waals surface area (Å²) in [6.07, 6.45) is -4.72. The van der Waals surface area contributed by atoms with E-state index in [1.54, 1.807) is 25.2 Å². The van der Waals surface area contributed by atoms with Gasteiger partial charge in [-0.15, -0.1) is 13.2 Å². The smallest absolute Gasteiger partial charge is 0.406 e. The van der Waals surface area contributed by atoms with Crippen LogP contribution in [0.3, 0.4) is 0 Å². The van der Waals surface area contributed by atoms with Gasteiger partial charge in [-0.3, -0.25) is 15.8 Å². The van der Waals surface area contributed by atoms with Crippen molar-refractivity contribution in [2.75, 3.05) is 12.5 Å². The van der Waals surface area contributed by atoms with Gasteiger partial charge >= 0.3 is 6.36 Å². The molecule has 4 nitrogen and oxygen atoms in total. The lowest BCUT2D eigenvalue weighted by Crippen LogP contribution is -2.30. The normalized spacial score (nSPS) is 12.0. The minimum atomic E-state index is -4.72. The molecule has 0 fully saturated rings. The summed E-state index contributed by atoms with van der Waals surface area (Å²) in [5.41, 5.74) is 6.78. The van der Waals surface area contributed by atoms with Crippen LogP contribution in [0.1, 0.15) is 5.56 Å². The Hall–Kier alpha value is -2.12. The van der Waals surface area contributed by atoms with Gasteiger partial charge in [0.2, 0.25) is 0 Å². The molecule has 0 unspecified atom stereocenters. The van der Waals surface area contributed by atoms with E-state index in [9.17, 15) is 13.2 Å². The number of alkyl halides is 3. The fourth-order valence-electron chi connectivity index (χ4n) is 1.80. The van der Waals surface area contributed by atoms with Crippen molar-refractivity contribution < 1.29 is 17.9 Å². The summed E-state index contributed by atoms with van der Waals surface area (Å²) in [7, 11) is 1.56. The number of hydrogen-bond acceptors (Lipinski definition) is 3. The van der Waals surface area contributed by atoms with Gasteiger partial charge in [0.1, 0.15) is 11.6 Å². The lowest BCUT2D eigenvalue weighted by Gasteiger charge is -2.14. The van der Waals surface area contributed by atoms with Crippen LogP contribution in [0.15, 0.2) is 47.5 Å². The van der Waals surface area contributed by atoms with E-state index in [0.717, 1.165) is 0 Å². The van der Waals surface area contributed by atoms with Gasteiger partial charge in [-0.25, -0.2) is 0 Å². The molecule has 2 N–H and O–H groups in total. The molecule has 0 amide bonds. The maximum absolute atomic E-state index is 12.1. The minimum Gasteiger partial charge on any atom is -0.406 e. The van der Waals surface area contributed by atoms with Crippen LogP contribution in [-0.2, 0) is 0 Å². The van der Waals surface area contributed by atoms with Gasteiger partial charge < -0.3 is 4.74 Å². The van der Waals surface area contributed by atoms with E-state index in [-0.39, 0.29) is 5.75 Å². The Balaban J connectivity index is 2.03. The second-order valence-electron chi connectivity index (χ2n) is 4.52. The molecule has 0 radical (unpaired) electrons. The maximum Gasteiger partial charge on any atom is 0.573 e. The molecular formula is C15H12Cl2F3N3O. The summed E-state index contributed by atoms with van der Waals surface area (Å²) >= 11 is 12.0. The maximum atomic E-state index is 12.1. The number of nitrogens with one attached hydrogen (secondary N) is 2. The van der Waals surface area contributed by atoms with Gasteiger partial charge in [-0.05, 0) is 42.5 Å².